The Morgan fingerprint density at radius 1 is 1.44 bits per heavy atom. The molecule has 0 saturated carbocycles. The standard InChI is InChI=1S/C13H25N3/c1-5-8-13(3,11-14-6-2)10-12-7-9-16(4)15-12/h7,9,14H,5-6,8,10-11H2,1-4H3. The van der Waals surface area contributed by atoms with Crippen molar-refractivity contribution in [2.45, 2.75) is 40.0 Å². The quantitative estimate of drug-likeness (QED) is 0.769. The molecule has 1 N–H and O–H groups in total. The van der Waals surface area contributed by atoms with Crippen molar-refractivity contribution >= 4 is 0 Å². The third-order valence-electron chi connectivity index (χ3n) is 3.03. The van der Waals surface area contributed by atoms with Crippen molar-refractivity contribution in [1.82, 2.24) is 15.1 Å². The van der Waals surface area contributed by atoms with E-state index in [2.05, 4.69) is 37.3 Å². The number of rotatable bonds is 7. The first-order valence-corrected chi connectivity index (χ1v) is 6.29. The first-order chi connectivity index (χ1) is 7.59. The Hall–Kier alpha value is -0.830. The van der Waals surface area contributed by atoms with Gasteiger partial charge in [0, 0.05) is 19.8 Å². The van der Waals surface area contributed by atoms with Gasteiger partial charge in [-0.3, -0.25) is 4.68 Å². The zero-order chi connectivity index (χ0) is 12.0. The zero-order valence-electron chi connectivity index (χ0n) is 11.1. The van der Waals surface area contributed by atoms with Gasteiger partial charge in [-0.15, -0.1) is 0 Å². The van der Waals surface area contributed by atoms with Crippen LogP contribution in [0.3, 0.4) is 0 Å². The van der Waals surface area contributed by atoms with Gasteiger partial charge >= 0.3 is 0 Å². The summed E-state index contributed by atoms with van der Waals surface area (Å²) in [5.74, 6) is 0. The van der Waals surface area contributed by atoms with Crippen LogP contribution in [0.1, 0.15) is 39.3 Å². The predicted molar refractivity (Wildman–Crippen MR) is 68.5 cm³/mol. The third-order valence-corrected chi connectivity index (χ3v) is 3.03. The van der Waals surface area contributed by atoms with E-state index in [9.17, 15) is 0 Å². The van der Waals surface area contributed by atoms with E-state index < -0.39 is 0 Å². The summed E-state index contributed by atoms with van der Waals surface area (Å²) >= 11 is 0. The first kappa shape index (κ1) is 13.2. The highest BCUT2D eigenvalue weighted by Crippen LogP contribution is 2.26. The van der Waals surface area contributed by atoms with E-state index in [1.165, 1.54) is 18.5 Å². The van der Waals surface area contributed by atoms with E-state index in [4.69, 9.17) is 0 Å². The average Bonchev–Trinajstić information content (AvgIpc) is 2.61. The van der Waals surface area contributed by atoms with Crippen LogP contribution >= 0.6 is 0 Å². The fourth-order valence-electron chi connectivity index (χ4n) is 2.26. The molecule has 1 atom stereocenters. The topological polar surface area (TPSA) is 29.9 Å². The smallest absolute Gasteiger partial charge is 0.0630 e. The first-order valence-electron chi connectivity index (χ1n) is 6.29. The number of aromatic nitrogens is 2. The minimum atomic E-state index is 0.332. The van der Waals surface area contributed by atoms with Crippen LogP contribution in [0.4, 0.5) is 0 Å². The van der Waals surface area contributed by atoms with Gasteiger partial charge < -0.3 is 5.32 Å². The van der Waals surface area contributed by atoms with Gasteiger partial charge in [-0.25, -0.2) is 0 Å². The molecule has 0 aliphatic heterocycles. The summed E-state index contributed by atoms with van der Waals surface area (Å²) in [6.45, 7) is 8.89. The summed E-state index contributed by atoms with van der Waals surface area (Å²) in [5, 5.41) is 7.94. The lowest BCUT2D eigenvalue weighted by Gasteiger charge is -2.28. The maximum atomic E-state index is 4.47. The van der Waals surface area contributed by atoms with E-state index in [0.717, 1.165) is 19.5 Å². The fourth-order valence-corrected chi connectivity index (χ4v) is 2.26. The number of aryl methyl sites for hydroxylation is 1. The van der Waals surface area contributed by atoms with Crippen LogP contribution in [0.25, 0.3) is 0 Å². The van der Waals surface area contributed by atoms with E-state index in [0.29, 0.717) is 5.41 Å². The minimum absolute atomic E-state index is 0.332. The monoisotopic (exact) mass is 223 g/mol. The molecule has 0 aliphatic rings. The van der Waals surface area contributed by atoms with Gasteiger partial charge in [0.05, 0.1) is 5.69 Å². The summed E-state index contributed by atoms with van der Waals surface area (Å²) < 4.78 is 1.88. The predicted octanol–water partition coefficient (Wildman–Crippen LogP) is 2.38. The van der Waals surface area contributed by atoms with E-state index >= 15 is 0 Å². The van der Waals surface area contributed by atoms with Gasteiger partial charge in [-0.1, -0.05) is 27.2 Å². The van der Waals surface area contributed by atoms with Crippen molar-refractivity contribution < 1.29 is 0 Å². The van der Waals surface area contributed by atoms with Crippen LogP contribution in [0.5, 0.6) is 0 Å². The summed E-state index contributed by atoms with van der Waals surface area (Å²) in [5.41, 5.74) is 1.54. The Kier molecular flexibility index (Phi) is 5.00. The molecule has 0 fully saturated rings. The molecule has 0 aliphatic carbocycles. The van der Waals surface area contributed by atoms with Crippen LogP contribution in [-0.2, 0) is 13.5 Å². The molecule has 3 nitrogen and oxygen atoms in total. The molecular weight excluding hydrogens is 198 g/mol. The van der Waals surface area contributed by atoms with Crippen LogP contribution in [0.15, 0.2) is 12.3 Å². The molecule has 1 unspecified atom stereocenters. The van der Waals surface area contributed by atoms with Crippen molar-refractivity contribution in [3.8, 4) is 0 Å². The van der Waals surface area contributed by atoms with Gasteiger partial charge in [0.2, 0.25) is 0 Å². The lowest BCUT2D eigenvalue weighted by atomic mass is 9.81. The highest BCUT2D eigenvalue weighted by atomic mass is 15.2. The lowest BCUT2D eigenvalue weighted by molar-refractivity contribution is 0.274. The number of hydrogen-bond acceptors (Lipinski definition) is 2. The summed E-state index contributed by atoms with van der Waals surface area (Å²) in [4.78, 5) is 0. The van der Waals surface area contributed by atoms with E-state index in [-0.39, 0.29) is 0 Å². The Balaban J connectivity index is 2.62. The molecule has 16 heavy (non-hydrogen) atoms. The van der Waals surface area contributed by atoms with E-state index in [1.807, 2.05) is 17.9 Å². The zero-order valence-corrected chi connectivity index (χ0v) is 11.1. The molecule has 0 spiro atoms. The Morgan fingerprint density at radius 2 is 2.19 bits per heavy atom. The van der Waals surface area contributed by atoms with Gasteiger partial charge in [0.15, 0.2) is 0 Å². The number of nitrogens with zero attached hydrogens (tertiary/aromatic N) is 2. The summed E-state index contributed by atoms with van der Waals surface area (Å²) in [7, 11) is 1.98. The summed E-state index contributed by atoms with van der Waals surface area (Å²) in [6, 6.07) is 2.12. The molecule has 1 heterocycles. The SMILES string of the molecule is CCCC(C)(CNCC)Cc1ccn(C)n1. The summed E-state index contributed by atoms with van der Waals surface area (Å²) in [6.07, 6.45) is 5.56. The molecule has 1 aromatic heterocycles. The average molecular weight is 223 g/mol. The van der Waals surface area contributed by atoms with Crippen LogP contribution in [-0.4, -0.2) is 22.9 Å². The van der Waals surface area contributed by atoms with Crippen molar-refractivity contribution in [2.24, 2.45) is 12.5 Å². The van der Waals surface area contributed by atoms with Crippen molar-refractivity contribution in [3.63, 3.8) is 0 Å². The number of hydrogen-bond donors (Lipinski definition) is 1. The molecule has 0 aromatic carbocycles. The molecule has 3 heteroatoms. The van der Waals surface area contributed by atoms with Crippen molar-refractivity contribution in [1.29, 1.82) is 0 Å². The van der Waals surface area contributed by atoms with Crippen LogP contribution in [0.2, 0.25) is 0 Å². The van der Waals surface area contributed by atoms with Crippen LogP contribution < -0.4 is 5.32 Å². The second-order valence-electron chi connectivity index (χ2n) is 5.00. The highest BCUT2D eigenvalue weighted by Gasteiger charge is 2.24. The molecule has 1 aromatic rings. The van der Waals surface area contributed by atoms with E-state index in [1.54, 1.807) is 0 Å². The van der Waals surface area contributed by atoms with Gasteiger partial charge in [0.1, 0.15) is 0 Å². The highest BCUT2D eigenvalue weighted by molar-refractivity contribution is 5.02. The van der Waals surface area contributed by atoms with Gasteiger partial charge in [0.25, 0.3) is 0 Å². The molecule has 1 rings (SSSR count). The fraction of sp³-hybridized carbons (Fsp3) is 0.769. The molecule has 0 bridgehead atoms. The lowest BCUT2D eigenvalue weighted by Crippen LogP contribution is -2.33. The maximum Gasteiger partial charge on any atom is 0.0630 e. The normalized spacial score (nSPS) is 15.0. The van der Waals surface area contributed by atoms with Crippen molar-refractivity contribution in [2.75, 3.05) is 13.1 Å². The molecule has 0 radical (unpaired) electrons. The third kappa shape index (κ3) is 3.97. The largest absolute Gasteiger partial charge is 0.316 e. The molecular formula is C13H25N3. The van der Waals surface area contributed by atoms with Crippen LogP contribution in [0, 0.1) is 5.41 Å². The Morgan fingerprint density at radius 3 is 2.69 bits per heavy atom. The van der Waals surface area contributed by atoms with Gasteiger partial charge in [-0.05, 0) is 30.9 Å². The number of nitrogens with one attached hydrogen (secondary N) is 1. The Bertz CT molecular complexity index is 306. The minimum Gasteiger partial charge on any atom is -0.316 e. The maximum absolute atomic E-state index is 4.47. The molecule has 92 valence electrons. The molecule has 0 saturated heterocycles. The Labute approximate surface area is 99.2 Å². The van der Waals surface area contributed by atoms with Gasteiger partial charge in [-0.2, -0.15) is 5.10 Å². The second-order valence-corrected chi connectivity index (χ2v) is 5.00. The van der Waals surface area contributed by atoms with Crippen molar-refractivity contribution in [3.05, 3.63) is 18.0 Å². The molecule has 0 amide bonds. The second kappa shape index (κ2) is 6.04.